The first-order valence-corrected chi connectivity index (χ1v) is 10.4. The second-order valence-electron chi connectivity index (χ2n) is 8.07. The molecule has 26 heavy (non-hydrogen) atoms. The van der Waals surface area contributed by atoms with Gasteiger partial charge in [0.25, 0.3) is 0 Å². The molecule has 0 aromatic carbocycles. The Bertz CT molecular complexity index is 596. The number of aromatic nitrogens is 2. The van der Waals surface area contributed by atoms with E-state index in [1.165, 1.54) is 45.1 Å². The molecule has 6 heteroatoms. The van der Waals surface area contributed by atoms with E-state index in [0.717, 1.165) is 50.2 Å². The van der Waals surface area contributed by atoms with Crippen molar-refractivity contribution in [3.8, 4) is 0 Å². The van der Waals surface area contributed by atoms with Gasteiger partial charge in [-0.2, -0.15) is 4.98 Å². The van der Waals surface area contributed by atoms with Gasteiger partial charge in [-0.1, -0.05) is 0 Å². The van der Waals surface area contributed by atoms with Crippen LogP contribution in [0.1, 0.15) is 44.2 Å². The van der Waals surface area contributed by atoms with Gasteiger partial charge in [0.2, 0.25) is 5.95 Å². The Morgan fingerprint density at radius 1 is 0.923 bits per heavy atom. The molecule has 3 saturated heterocycles. The molecule has 144 valence electrons. The third-order valence-electron chi connectivity index (χ3n) is 6.27. The molecular weight excluding hydrogens is 326 g/mol. The third-order valence-corrected chi connectivity index (χ3v) is 6.27. The van der Waals surface area contributed by atoms with E-state index in [0.29, 0.717) is 12.1 Å². The lowest BCUT2D eigenvalue weighted by atomic mass is 9.99. The highest BCUT2D eigenvalue weighted by atomic mass is 16.5. The van der Waals surface area contributed by atoms with Crippen molar-refractivity contribution in [2.45, 2.75) is 57.6 Å². The van der Waals surface area contributed by atoms with E-state index in [1.807, 2.05) is 7.11 Å². The van der Waals surface area contributed by atoms with E-state index >= 15 is 0 Å². The van der Waals surface area contributed by atoms with Crippen LogP contribution in [-0.2, 0) is 4.74 Å². The van der Waals surface area contributed by atoms with Crippen molar-refractivity contribution >= 4 is 11.8 Å². The molecule has 1 atom stereocenters. The van der Waals surface area contributed by atoms with Crippen LogP contribution in [0.2, 0.25) is 0 Å². The van der Waals surface area contributed by atoms with Crippen LogP contribution < -0.4 is 9.80 Å². The molecule has 4 heterocycles. The van der Waals surface area contributed by atoms with E-state index in [2.05, 4.69) is 32.7 Å². The lowest BCUT2D eigenvalue weighted by Crippen LogP contribution is -2.50. The Hall–Kier alpha value is -1.40. The summed E-state index contributed by atoms with van der Waals surface area (Å²) in [5.74, 6) is 2.05. The molecule has 0 bridgehead atoms. The number of hydrogen-bond acceptors (Lipinski definition) is 6. The van der Waals surface area contributed by atoms with Gasteiger partial charge in [0.15, 0.2) is 0 Å². The molecule has 3 fully saturated rings. The number of nitrogens with zero attached hydrogens (tertiary/aromatic N) is 5. The first kappa shape index (κ1) is 18.0. The van der Waals surface area contributed by atoms with Gasteiger partial charge in [-0.3, -0.25) is 4.90 Å². The molecule has 1 aromatic rings. The SMILES string of the molecule is COC1CCCN(C2CCN(c3cc(C)nc(N4CCCC4)n3)CC2)C1. The van der Waals surface area contributed by atoms with Gasteiger partial charge < -0.3 is 14.5 Å². The molecule has 3 aliphatic rings. The average molecular weight is 360 g/mol. The fraction of sp³-hybridized carbons (Fsp3) is 0.800. The number of likely N-dealkylation sites (tertiary alicyclic amines) is 1. The summed E-state index contributed by atoms with van der Waals surface area (Å²) in [6.45, 7) is 8.81. The normalized spacial score (nSPS) is 25.8. The zero-order valence-corrected chi connectivity index (χ0v) is 16.4. The maximum Gasteiger partial charge on any atom is 0.227 e. The molecule has 0 amide bonds. The number of hydrogen-bond donors (Lipinski definition) is 0. The van der Waals surface area contributed by atoms with E-state index in [-0.39, 0.29) is 0 Å². The lowest BCUT2D eigenvalue weighted by molar-refractivity contribution is 0.0102. The molecule has 3 aliphatic heterocycles. The maximum absolute atomic E-state index is 5.60. The smallest absolute Gasteiger partial charge is 0.227 e. The van der Waals surface area contributed by atoms with Gasteiger partial charge in [0.05, 0.1) is 6.10 Å². The molecule has 0 radical (unpaired) electrons. The van der Waals surface area contributed by atoms with Crippen LogP contribution in [0.25, 0.3) is 0 Å². The number of methoxy groups -OCH3 is 1. The molecule has 0 spiro atoms. The lowest BCUT2D eigenvalue weighted by Gasteiger charge is -2.42. The minimum absolute atomic E-state index is 0.425. The Labute approximate surface area is 157 Å². The largest absolute Gasteiger partial charge is 0.380 e. The van der Waals surface area contributed by atoms with Crippen LogP contribution >= 0.6 is 0 Å². The summed E-state index contributed by atoms with van der Waals surface area (Å²) in [5, 5.41) is 0. The van der Waals surface area contributed by atoms with Crippen LogP contribution in [0.15, 0.2) is 6.07 Å². The van der Waals surface area contributed by atoms with Crippen LogP contribution in [0.4, 0.5) is 11.8 Å². The number of ether oxygens (including phenoxy) is 1. The van der Waals surface area contributed by atoms with Crippen molar-refractivity contribution in [1.29, 1.82) is 0 Å². The Morgan fingerprint density at radius 3 is 2.42 bits per heavy atom. The fourth-order valence-corrected chi connectivity index (χ4v) is 4.71. The molecule has 4 rings (SSSR count). The number of piperidine rings is 2. The minimum Gasteiger partial charge on any atom is -0.380 e. The van der Waals surface area contributed by atoms with Crippen molar-refractivity contribution in [2.24, 2.45) is 0 Å². The van der Waals surface area contributed by atoms with E-state index in [1.54, 1.807) is 0 Å². The van der Waals surface area contributed by atoms with Gasteiger partial charge in [0, 0.05) is 57.6 Å². The van der Waals surface area contributed by atoms with Crippen molar-refractivity contribution in [3.63, 3.8) is 0 Å². The first-order chi connectivity index (χ1) is 12.7. The van der Waals surface area contributed by atoms with Crippen molar-refractivity contribution in [2.75, 3.05) is 56.2 Å². The predicted octanol–water partition coefficient (Wildman–Crippen LogP) is 2.46. The van der Waals surface area contributed by atoms with Gasteiger partial charge in [-0.15, -0.1) is 0 Å². The van der Waals surface area contributed by atoms with Gasteiger partial charge in [-0.25, -0.2) is 4.98 Å². The fourth-order valence-electron chi connectivity index (χ4n) is 4.71. The van der Waals surface area contributed by atoms with Crippen molar-refractivity contribution < 1.29 is 4.74 Å². The molecule has 0 aliphatic carbocycles. The van der Waals surface area contributed by atoms with Gasteiger partial charge >= 0.3 is 0 Å². The highest BCUT2D eigenvalue weighted by molar-refractivity contribution is 5.46. The van der Waals surface area contributed by atoms with E-state index in [4.69, 9.17) is 9.72 Å². The van der Waals surface area contributed by atoms with Crippen LogP contribution in [-0.4, -0.2) is 73.4 Å². The van der Waals surface area contributed by atoms with E-state index < -0.39 is 0 Å². The first-order valence-electron chi connectivity index (χ1n) is 10.4. The van der Waals surface area contributed by atoms with Crippen LogP contribution in [0.3, 0.4) is 0 Å². The zero-order valence-electron chi connectivity index (χ0n) is 16.4. The maximum atomic E-state index is 5.60. The highest BCUT2D eigenvalue weighted by Gasteiger charge is 2.29. The highest BCUT2D eigenvalue weighted by Crippen LogP contribution is 2.26. The summed E-state index contributed by atoms with van der Waals surface area (Å²) in [6.07, 6.45) is 7.87. The third kappa shape index (κ3) is 3.96. The topological polar surface area (TPSA) is 44.7 Å². The predicted molar refractivity (Wildman–Crippen MR) is 105 cm³/mol. The molecular formula is C20H33N5O. The summed E-state index contributed by atoms with van der Waals surface area (Å²) >= 11 is 0. The summed E-state index contributed by atoms with van der Waals surface area (Å²) in [4.78, 5) is 17.1. The van der Waals surface area contributed by atoms with E-state index in [9.17, 15) is 0 Å². The zero-order chi connectivity index (χ0) is 17.9. The van der Waals surface area contributed by atoms with Crippen molar-refractivity contribution in [3.05, 3.63) is 11.8 Å². The van der Waals surface area contributed by atoms with Crippen LogP contribution in [0.5, 0.6) is 0 Å². The second kappa shape index (κ2) is 8.09. The number of aryl methyl sites for hydroxylation is 1. The summed E-state index contributed by atoms with van der Waals surface area (Å²) in [5.41, 5.74) is 1.08. The molecule has 0 N–H and O–H groups in total. The quantitative estimate of drug-likeness (QED) is 0.823. The Kier molecular flexibility index (Phi) is 5.60. The number of rotatable bonds is 4. The molecule has 0 saturated carbocycles. The number of anilines is 2. The Balaban J connectivity index is 1.38. The summed E-state index contributed by atoms with van der Waals surface area (Å²) in [7, 11) is 1.85. The van der Waals surface area contributed by atoms with Crippen molar-refractivity contribution in [1.82, 2.24) is 14.9 Å². The molecule has 1 aromatic heterocycles. The second-order valence-corrected chi connectivity index (χ2v) is 8.07. The molecule has 1 unspecified atom stereocenters. The standard InChI is InChI=1S/C20H33N5O/c1-16-14-19(22-20(21-16)24-9-3-4-10-24)23-12-7-17(8-13-23)25-11-5-6-18(15-25)26-2/h14,17-18H,3-13,15H2,1-2H3. The molecule has 6 nitrogen and oxygen atoms in total. The van der Waals surface area contributed by atoms with Gasteiger partial charge in [-0.05, 0) is 52.0 Å². The minimum atomic E-state index is 0.425. The summed E-state index contributed by atoms with van der Waals surface area (Å²) < 4.78 is 5.60. The Morgan fingerprint density at radius 2 is 1.69 bits per heavy atom. The van der Waals surface area contributed by atoms with Gasteiger partial charge in [0.1, 0.15) is 5.82 Å². The monoisotopic (exact) mass is 359 g/mol. The van der Waals surface area contributed by atoms with Crippen LogP contribution in [0, 0.1) is 6.92 Å². The average Bonchev–Trinajstić information content (AvgIpc) is 3.23. The summed E-state index contributed by atoms with van der Waals surface area (Å²) in [6, 6.07) is 2.85.